The number of hydrogen-bond donors (Lipinski definition) is 2. The molecule has 2 aromatic rings. The van der Waals surface area contributed by atoms with E-state index in [9.17, 15) is 0 Å². The van der Waals surface area contributed by atoms with Crippen molar-refractivity contribution in [3.05, 3.63) is 35.6 Å². The van der Waals surface area contributed by atoms with Gasteiger partial charge < -0.3 is 24.5 Å². The number of furan rings is 1. The average molecular weight is 473 g/mol. The summed E-state index contributed by atoms with van der Waals surface area (Å²) in [6.45, 7) is 5.54. The van der Waals surface area contributed by atoms with Gasteiger partial charge in [-0.15, -0.1) is 24.0 Å². The van der Waals surface area contributed by atoms with Gasteiger partial charge in [-0.1, -0.05) is 18.2 Å². The van der Waals surface area contributed by atoms with Crippen molar-refractivity contribution < 1.29 is 13.9 Å². The second-order valence-corrected chi connectivity index (χ2v) is 6.21. The van der Waals surface area contributed by atoms with Gasteiger partial charge >= 0.3 is 0 Å². The average Bonchev–Trinajstić information content (AvgIpc) is 3.26. The molecule has 1 aliphatic heterocycles. The van der Waals surface area contributed by atoms with Gasteiger partial charge in [0, 0.05) is 31.1 Å². The molecule has 0 radical (unpaired) electrons. The number of fused-ring (bicyclic) bond motifs is 1. The molecule has 3 rings (SSSR count). The van der Waals surface area contributed by atoms with E-state index < -0.39 is 0 Å². The molecule has 0 spiro atoms. The van der Waals surface area contributed by atoms with Gasteiger partial charge in [0.2, 0.25) is 0 Å². The molecule has 7 heteroatoms. The Morgan fingerprint density at radius 2 is 2.15 bits per heavy atom. The van der Waals surface area contributed by atoms with Gasteiger partial charge in [0.1, 0.15) is 11.3 Å². The summed E-state index contributed by atoms with van der Waals surface area (Å²) in [5.41, 5.74) is 2.08. The molecule has 1 atom stereocenters. The van der Waals surface area contributed by atoms with Crippen molar-refractivity contribution in [1.29, 1.82) is 0 Å². The van der Waals surface area contributed by atoms with Gasteiger partial charge in [-0.25, -0.2) is 0 Å². The summed E-state index contributed by atoms with van der Waals surface area (Å²) >= 11 is 0. The quantitative estimate of drug-likeness (QED) is 0.280. The van der Waals surface area contributed by atoms with E-state index in [0.29, 0.717) is 26.3 Å². The van der Waals surface area contributed by atoms with E-state index in [2.05, 4.69) is 28.6 Å². The third-order valence-electron chi connectivity index (χ3n) is 4.45. The SMILES string of the molecule is CN=C(NCCOCC1CCCO1)NCc1oc2ccccc2c1C.I. The largest absolute Gasteiger partial charge is 0.459 e. The summed E-state index contributed by atoms with van der Waals surface area (Å²) in [4.78, 5) is 4.23. The van der Waals surface area contributed by atoms with Crippen molar-refractivity contribution >= 4 is 40.9 Å². The number of hydrogen-bond acceptors (Lipinski definition) is 4. The van der Waals surface area contributed by atoms with Crippen LogP contribution in [-0.4, -0.2) is 45.5 Å². The Balaban J connectivity index is 0.00000243. The lowest BCUT2D eigenvalue weighted by molar-refractivity contribution is 0.0191. The monoisotopic (exact) mass is 473 g/mol. The Bertz CT molecular complexity index is 711. The fourth-order valence-electron chi connectivity index (χ4n) is 3.01. The molecule has 6 nitrogen and oxygen atoms in total. The van der Waals surface area contributed by atoms with Crippen LogP contribution in [0.5, 0.6) is 0 Å². The van der Waals surface area contributed by atoms with Crippen LogP contribution in [0.25, 0.3) is 11.0 Å². The number of aryl methyl sites for hydroxylation is 1. The maximum Gasteiger partial charge on any atom is 0.191 e. The Morgan fingerprint density at radius 3 is 2.88 bits per heavy atom. The first-order chi connectivity index (χ1) is 12.3. The first-order valence-electron chi connectivity index (χ1n) is 8.89. The topological polar surface area (TPSA) is 68.0 Å². The zero-order valence-corrected chi connectivity index (χ0v) is 17.7. The number of nitrogens with one attached hydrogen (secondary N) is 2. The lowest BCUT2D eigenvalue weighted by atomic mass is 10.1. The number of ether oxygens (including phenoxy) is 2. The first kappa shape index (κ1) is 21.0. The van der Waals surface area contributed by atoms with Crippen molar-refractivity contribution in [2.45, 2.75) is 32.4 Å². The highest BCUT2D eigenvalue weighted by atomic mass is 127. The summed E-state index contributed by atoms with van der Waals surface area (Å²) in [7, 11) is 1.76. The van der Waals surface area contributed by atoms with E-state index in [0.717, 1.165) is 42.1 Å². The Morgan fingerprint density at radius 1 is 1.31 bits per heavy atom. The van der Waals surface area contributed by atoms with Crippen molar-refractivity contribution in [1.82, 2.24) is 10.6 Å². The van der Waals surface area contributed by atoms with Gasteiger partial charge in [0.25, 0.3) is 0 Å². The Labute approximate surface area is 171 Å². The number of aliphatic imine (C=N–C) groups is 1. The molecule has 1 fully saturated rings. The van der Waals surface area contributed by atoms with Gasteiger partial charge in [0.15, 0.2) is 5.96 Å². The maximum absolute atomic E-state index is 5.91. The zero-order chi connectivity index (χ0) is 17.5. The number of nitrogens with zero attached hydrogens (tertiary/aromatic N) is 1. The number of rotatable bonds is 7. The van der Waals surface area contributed by atoms with Gasteiger partial charge in [-0.3, -0.25) is 4.99 Å². The summed E-state index contributed by atoms with van der Waals surface area (Å²) < 4.78 is 17.1. The van der Waals surface area contributed by atoms with Crippen LogP contribution in [0.1, 0.15) is 24.2 Å². The van der Waals surface area contributed by atoms with Crippen molar-refractivity contribution in [2.24, 2.45) is 4.99 Å². The highest BCUT2D eigenvalue weighted by molar-refractivity contribution is 14.0. The predicted octanol–water partition coefficient (Wildman–Crippen LogP) is 3.22. The van der Waals surface area contributed by atoms with Crippen LogP contribution in [0.15, 0.2) is 33.7 Å². The molecule has 1 aromatic carbocycles. The normalized spacial score (nSPS) is 17.3. The highest BCUT2D eigenvalue weighted by Crippen LogP contribution is 2.24. The number of benzene rings is 1. The maximum atomic E-state index is 5.91. The number of halogens is 1. The molecule has 0 saturated carbocycles. The fraction of sp³-hybridized carbons (Fsp3) is 0.526. The molecule has 1 saturated heterocycles. The third-order valence-corrected chi connectivity index (χ3v) is 4.45. The standard InChI is InChI=1S/C19H27N3O3.HI/c1-14-16-7-3-4-8-17(16)25-18(14)12-22-19(20-2)21-9-11-23-13-15-6-5-10-24-15;/h3-4,7-8,15H,5-6,9-13H2,1-2H3,(H2,20,21,22);1H. The molecule has 1 unspecified atom stereocenters. The molecule has 1 aliphatic rings. The van der Waals surface area contributed by atoms with Crippen LogP contribution in [0.3, 0.4) is 0 Å². The number of guanidine groups is 1. The van der Waals surface area contributed by atoms with E-state index in [-0.39, 0.29) is 30.1 Å². The Kier molecular flexibility index (Phi) is 8.67. The van der Waals surface area contributed by atoms with E-state index in [4.69, 9.17) is 13.9 Å². The molecule has 0 bridgehead atoms. The summed E-state index contributed by atoms with van der Waals surface area (Å²) in [5.74, 6) is 1.67. The van der Waals surface area contributed by atoms with Crippen LogP contribution in [0.4, 0.5) is 0 Å². The van der Waals surface area contributed by atoms with Crippen LogP contribution in [0.2, 0.25) is 0 Å². The molecule has 0 aliphatic carbocycles. The molecule has 26 heavy (non-hydrogen) atoms. The van der Waals surface area contributed by atoms with Crippen LogP contribution >= 0.6 is 24.0 Å². The van der Waals surface area contributed by atoms with E-state index >= 15 is 0 Å². The molecule has 2 N–H and O–H groups in total. The molecular formula is C19H28IN3O3. The van der Waals surface area contributed by atoms with E-state index in [1.165, 1.54) is 5.56 Å². The fourth-order valence-corrected chi connectivity index (χ4v) is 3.01. The summed E-state index contributed by atoms with van der Waals surface area (Å²) in [5, 5.41) is 7.69. The minimum absolute atomic E-state index is 0. The van der Waals surface area contributed by atoms with Crippen LogP contribution in [-0.2, 0) is 16.0 Å². The van der Waals surface area contributed by atoms with Gasteiger partial charge in [0.05, 0.1) is 25.9 Å². The molecule has 0 amide bonds. The number of para-hydroxylation sites is 1. The van der Waals surface area contributed by atoms with Crippen molar-refractivity contribution in [3.63, 3.8) is 0 Å². The van der Waals surface area contributed by atoms with E-state index in [1.54, 1.807) is 7.05 Å². The zero-order valence-electron chi connectivity index (χ0n) is 15.4. The van der Waals surface area contributed by atoms with Crippen LogP contribution in [0, 0.1) is 6.92 Å². The van der Waals surface area contributed by atoms with E-state index in [1.807, 2.05) is 18.2 Å². The second kappa shape index (κ2) is 10.7. The van der Waals surface area contributed by atoms with Crippen LogP contribution < -0.4 is 10.6 Å². The smallest absolute Gasteiger partial charge is 0.191 e. The van der Waals surface area contributed by atoms with Gasteiger partial charge in [-0.05, 0) is 25.8 Å². The minimum atomic E-state index is 0. The molecule has 2 heterocycles. The predicted molar refractivity (Wildman–Crippen MR) is 114 cm³/mol. The summed E-state index contributed by atoms with van der Waals surface area (Å²) in [6.07, 6.45) is 2.52. The third kappa shape index (κ3) is 5.59. The molecule has 1 aromatic heterocycles. The minimum Gasteiger partial charge on any atom is -0.459 e. The highest BCUT2D eigenvalue weighted by Gasteiger charge is 2.15. The van der Waals surface area contributed by atoms with Crippen molar-refractivity contribution in [2.75, 3.05) is 33.4 Å². The molecular weight excluding hydrogens is 445 g/mol. The Hall–Kier alpha value is -1.32. The lowest BCUT2D eigenvalue weighted by Gasteiger charge is -2.13. The van der Waals surface area contributed by atoms with Gasteiger partial charge in [-0.2, -0.15) is 0 Å². The summed E-state index contributed by atoms with van der Waals surface area (Å²) in [6, 6.07) is 8.08. The lowest BCUT2D eigenvalue weighted by Crippen LogP contribution is -2.38. The first-order valence-corrected chi connectivity index (χ1v) is 8.89. The molecule has 144 valence electrons. The van der Waals surface area contributed by atoms with Crippen molar-refractivity contribution in [3.8, 4) is 0 Å². The second-order valence-electron chi connectivity index (χ2n) is 6.21.